The molecule has 1 heterocycles. The molecule has 1 N–H and O–H groups in total. The first-order chi connectivity index (χ1) is 16.3. The van der Waals surface area contributed by atoms with E-state index in [2.05, 4.69) is 10.3 Å². The Labute approximate surface area is 195 Å². The molecule has 0 saturated carbocycles. The van der Waals surface area contributed by atoms with Gasteiger partial charge in [-0.25, -0.2) is 0 Å². The fourth-order valence-electron chi connectivity index (χ4n) is 3.65. The molecule has 4 aromatic rings. The van der Waals surface area contributed by atoms with Crippen molar-refractivity contribution in [1.29, 1.82) is 0 Å². The molecule has 0 saturated heterocycles. The molecule has 34 heavy (non-hydrogen) atoms. The summed E-state index contributed by atoms with van der Waals surface area (Å²) in [6.45, 7) is 1.94. The quantitative estimate of drug-likeness (QED) is 0.254. The fourth-order valence-corrected chi connectivity index (χ4v) is 3.65. The van der Waals surface area contributed by atoms with Crippen molar-refractivity contribution in [2.75, 3.05) is 5.32 Å². The van der Waals surface area contributed by atoms with Crippen LogP contribution in [0.25, 0.3) is 16.3 Å². The van der Waals surface area contributed by atoms with E-state index in [0.29, 0.717) is 16.8 Å². The maximum Gasteiger partial charge on any atom is 0.416 e. The number of pyridine rings is 1. The van der Waals surface area contributed by atoms with Crippen LogP contribution in [0.5, 0.6) is 0 Å². The number of allylic oxidation sites excluding steroid dienone is 2. The predicted octanol–water partition coefficient (Wildman–Crippen LogP) is 7.19. The van der Waals surface area contributed by atoms with Crippen molar-refractivity contribution < 1.29 is 18.0 Å². The predicted molar refractivity (Wildman–Crippen MR) is 129 cm³/mol. The molecule has 4 rings (SSSR count). The number of aryl methyl sites for hydroxylation is 1. The van der Waals surface area contributed by atoms with Crippen molar-refractivity contribution in [3.63, 3.8) is 0 Å². The number of hydrogen-bond acceptors (Lipinski definition) is 2. The lowest BCUT2D eigenvalue weighted by molar-refractivity contribution is -0.137. The minimum absolute atomic E-state index is 0.323. The van der Waals surface area contributed by atoms with Crippen LogP contribution >= 0.6 is 0 Å². The fraction of sp³-hybridized carbons (Fsp3) is 0.0714. The van der Waals surface area contributed by atoms with E-state index in [0.717, 1.165) is 34.0 Å². The number of fused-ring (bicyclic) bond motifs is 1. The summed E-state index contributed by atoms with van der Waals surface area (Å²) in [7, 11) is 0. The van der Waals surface area contributed by atoms with Crippen molar-refractivity contribution in [3.05, 3.63) is 126 Å². The Hall–Kier alpha value is -4.19. The minimum atomic E-state index is -4.40. The van der Waals surface area contributed by atoms with Crippen LogP contribution in [0.1, 0.15) is 22.3 Å². The Balaban J connectivity index is 1.62. The van der Waals surface area contributed by atoms with Crippen molar-refractivity contribution in [3.8, 4) is 0 Å². The highest BCUT2D eigenvalue weighted by Crippen LogP contribution is 2.31. The number of carbonyl (C=O) groups excluding carboxylic acids is 1. The summed E-state index contributed by atoms with van der Waals surface area (Å²) in [5.74, 6) is -0.323. The molecule has 0 radical (unpaired) electrons. The van der Waals surface area contributed by atoms with Gasteiger partial charge in [-0.2, -0.15) is 13.2 Å². The second kappa shape index (κ2) is 9.75. The van der Waals surface area contributed by atoms with Gasteiger partial charge in [-0.3, -0.25) is 9.78 Å². The van der Waals surface area contributed by atoms with E-state index in [4.69, 9.17) is 0 Å². The van der Waals surface area contributed by atoms with Gasteiger partial charge in [-0.1, -0.05) is 66.2 Å². The zero-order chi connectivity index (χ0) is 24.1. The van der Waals surface area contributed by atoms with Crippen molar-refractivity contribution in [1.82, 2.24) is 4.98 Å². The number of amides is 1. The highest BCUT2D eigenvalue weighted by molar-refractivity contribution is 6.06. The molecule has 170 valence electrons. The minimum Gasteiger partial charge on any atom is -0.322 e. The number of alkyl halides is 3. The number of rotatable bonds is 5. The molecule has 0 fully saturated rings. The first-order valence-electron chi connectivity index (χ1n) is 10.6. The average molecular weight is 458 g/mol. The zero-order valence-corrected chi connectivity index (χ0v) is 18.3. The summed E-state index contributed by atoms with van der Waals surface area (Å²) in [6, 6.07) is 20.0. The standard InChI is InChI=1S/C28H21F3N2O/c1-19-5-2-6-21(17-19)24(20-11-13-23(14-12-20)28(29,30)31)8-4-10-27(34)33-26-9-3-7-22-18-32-16-15-25(22)26/h2-18H,1H3,(H,33,34)/b10-4+,24-8-. The molecule has 1 aromatic heterocycles. The Morgan fingerprint density at radius 1 is 0.941 bits per heavy atom. The maximum atomic E-state index is 13.0. The van der Waals surface area contributed by atoms with Crippen LogP contribution in [-0.2, 0) is 11.0 Å². The third-order valence-corrected chi connectivity index (χ3v) is 5.30. The number of halogens is 3. The van der Waals surface area contributed by atoms with E-state index >= 15 is 0 Å². The highest BCUT2D eigenvalue weighted by Gasteiger charge is 2.30. The summed E-state index contributed by atoms with van der Waals surface area (Å²) >= 11 is 0. The van der Waals surface area contributed by atoms with Gasteiger partial charge < -0.3 is 5.32 Å². The molecule has 1 amide bonds. The highest BCUT2D eigenvalue weighted by atomic mass is 19.4. The van der Waals surface area contributed by atoms with Crippen molar-refractivity contribution in [2.45, 2.75) is 13.1 Å². The monoisotopic (exact) mass is 458 g/mol. The Morgan fingerprint density at radius 2 is 1.71 bits per heavy atom. The van der Waals surface area contributed by atoms with E-state index in [-0.39, 0.29) is 5.91 Å². The Bertz CT molecular complexity index is 1380. The van der Waals surface area contributed by atoms with Gasteiger partial charge in [-0.15, -0.1) is 0 Å². The van der Waals surface area contributed by atoms with Crippen LogP contribution in [0.3, 0.4) is 0 Å². The van der Waals surface area contributed by atoms with Crippen LogP contribution in [0.2, 0.25) is 0 Å². The summed E-state index contributed by atoms with van der Waals surface area (Å²) in [5.41, 5.74) is 3.14. The smallest absolute Gasteiger partial charge is 0.322 e. The molecule has 0 bridgehead atoms. The normalized spacial score (nSPS) is 12.3. The number of hydrogen-bond donors (Lipinski definition) is 1. The van der Waals surface area contributed by atoms with E-state index in [9.17, 15) is 18.0 Å². The lowest BCUT2D eigenvalue weighted by Gasteiger charge is -2.11. The first-order valence-corrected chi connectivity index (χ1v) is 10.6. The van der Waals surface area contributed by atoms with Gasteiger partial charge in [0.1, 0.15) is 0 Å². The van der Waals surface area contributed by atoms with Crippen LogP contribution in [0, 0.1) is 6.92 Å². The summed E-state index contributed by atoms with van der Waals surface area (Å²) in [5, 5.41) is 4.65. The largest absolute Gasteiger partial charge is 0.416 e. The number of aromatic nitrogens is 1. The van der Waals surface area contributed by atoms with Gasteiger partial charge in [0, 0.05) is 34.9 Å². The number of anilines is 1. The molecule has 0 spiro atoms. The summed E-state index contributed by atoms with van der Waals surface area (Å²) < 4.78 is 39.0. The second-order valence-electron chi connectivity index (χ2n) is 7.78. The van der Waals surface area contributed by atoms with Crippen molar-refractivity contribution >= 4 is 27.9 Å². The average Bonchev–Trinajstić information content (AvgIpc) is 2.82. The van der Waals surface area contributed by atoms with Gasteiger partial charge in [0.25, 0.3) is 0 Å². The summed E-state index contributed by atoms with van der Waals surface area (Å²) in [6.07, 6.45) is 3.69. The van der Waals surface area contributed by atoms with Gasteiger partial charge in [0.15, 0.2) is 0 Å². The third-order valence-electron chi connectivity index (χ3n) is 5.30. The maximum absolute atomic E-state index is 13.0. The van der Waals surface area contributed by atoms with E-state index in [1.807, 2.05) is 55.5 Å². The number of carbonyl (C=O) groups is 1. The topological polar surface area (TPSA) is 42.0 Å². The van der Waals surface area contributed by atoms with E-state index in [1.165, 1.54) is 18.2 Å². The molecule has 3 nitrogen and oxygen atoms in total. The second-order valence-corrected chi connectivity index (χ2v) is 7.78. The molecule has 0 atom stereocenters. The number of nitrogens with one attached hydrogen (secondary N) is 1. The van der Waals surface area contributed by atoms with Crippen LogP contribution in [0.4, 0.5) is 18.9 Å². The number of benzene rings is 3. The molecular formula is C28H21F3N2O. The van der Waals surface area contributed by atoms with Crippen LogP contribution in [0.15, 0.2) is 103 Å². The van der Waals surface area contributed by atoms with E-state index in [1.54, 1.807) is 24.5 Å². The van der Waals surface area contributed by atoms with E-state index < -0.39 is 11.7 Å². The van der Waals surface area contributed by atoms with Crippen molar-refractivity contribution in [2.24, 2.45) is 0 Å². The van der Waals surface area contributed by atoms with Gasteiger partial charge in [0.2, 0.25) is 5.91 Å². The molecule has 0 aliphatic carbocycles. The molecule has 0 aliphatic heterocycles. The molecular weight excluding hydrogens is 437 g/mol. The van der Waals surface area contributed by atoms with Crippen LogP contribution < -0.4 is 5.32 Å². The van der Waals surface area contributed by atoms with Gasteiger partial charge in [-0.05, 0) is 47.9 Å². The Morgan fingerprint density at radius 3 is 2.44 bits per heavy atom. The van der Waals surface area contributed by atoms with Gasteiger partial charge >= 0.3 is 6.18 Å². The molecule has 3 aromatic carbocycles. The van der Waals surface area contributed by atoms with Crippen LogP contribution in [-0.4, -0.2) is 10.9 Å². The third kappa shape index (κ3) is 5.41. The lowest BCUT2D eigenvalue weighted by Crippen LogP contribution is -2.08. The number of nitrogens with zero attached hydrogens (tertiary/aromatic N) is 1. The molecule has 0 unspecified atom stereocenters. The molecule has 6 heteroatoms. The SMILES string of the molecule is Cc1cccc(/C(=C\C=C\C(=O)Nc2cccc3cnccc23)c2ccc(C(F)(F)F)cc2)c1. The zero-order valence-electron chi connectivity index (χ0n) is 18.3. The lowest BCUT2D eigenvalue weighted by atomic mass is 9.95. The Kier molecular flexibility index (Phi) is 6.59. The summed E-state index contributed by atoms with van der Waals surface area (Å²) in [4.78, 5) is 16.6. The first kappa shape index (κ1) is 23.0. The van der Waals surface area contributed by atoms with Gasteiger partial charge in [0.05, 0.1) is 5.56 Å². The molecule has 0 aliphatic rings.